The van der Waals surface area contributed by atoms with Gasteiger partial charge in [-0.15, -0.1) is 0 Å². The molecule has 2 aliphatic heterocycles. The highest BCUT2D eigenvalue weighted by molar-refractivity contribution is 7.91. The predicted octanol–water partition coefficient (Wildman–Crippen LogP) is -0.226. The third-order valence-corrected chi connectivity index (χ3v) is 4.79. The Bertz CT molecular complexity index is 363. The predicted molar refractivity (Wildman–Crippen MR) is 64.9 cm³/mol. The summed E-state index contributed by atoms with van der Waals surface area (Å²) in [5.74, 6) is 0.438. The summed E-state index contributed by atoms with van der Waals surface area (Å²) < 4.78 is 27.8. The van der Waals surface area contributed by atoms with Crippen LogP contribution in [0.5, 0.6) is 0 Å². The van der Waals surface area contributed by atoms with E-state index in [1.54, 1.807) is 0 Å². The van der Waals surface area contributed by atoms with Crippen molar-refractivity contribution >= 4 is 27.2 Å². The molecule has 7 heteroatoms. The van der Waals surface area contributed by atoms with Crippen molar-refractivity contribution in [2.45, 2.75) is 31.5 Å². The zero-order valence-electron chi connectivity index (χ0n) is 8.94. The topological polar surface area (TPSA) is 67.4 Å². The summed E-state index contributed by atoms with van der Waals surface area (Å²) in [7, 11) is -2.85. The lowest BCUT2D eigenvalue weighted by Gasteiger charge is -2.18. The summed E-state index contributed by atoms with van der Waals surface area (Å²) in [6.45, 7) is 0.762. The second-order valence-electron chi connectivity index (χ2n) is 4.22. The molecule has 0 aromatic carbocycles. The van der Waals surface area contributed by atoms with E-state index >= 15 is 0 Å². The van der Waals surface area contributed by atoms with Gasteiger partial charge in [0.1, 0.15) is 6.23 Å². The molecule has 2 saturated heterocycles. The molecule has 0 aromatic rings. The maximum absolute atomic E-state index is 11.2. The van der Waals surface area contributed by atoms with Crippen molar-refractivity contribution < 1.29 is 13.2 Å². The Hall–Kier alpha value is -0.400. The van der Waals surface area contributed by atoms with Crippen molar-refractivity contribution in [3.05, 3.63) is 0 Å². The maximum Gasteiger partial charge on any atom is 0.168 e. The van der Waals surface area contributed by atoms with E-state index in [0.29, 0.717) is 11.5 Å². The summed E-state index contributed by atoms with van der Waals surface area (Å²) in [5.41, 5.74) is 0. The van der Waals surface area contributed by atoms with Crippen LogP contribution in [0.15, 0.2) is 0 Å². The summed E-state index contributed by atoms with van der Waals surface area (Å²) in [6.07, 6.45) is 2.61. The number of thiocarbonyl (C=S) groups is 1. The molecule has 0 amide bonds. The van der Waals surface area contributed by atoms with Gasteiger partial charge < -0.3 is 15.4 Å². The van der Waals surface area contributed by atoms with Gasteiger partial charge in [-0.25, -0.2) is 8.42 Å². The van der Waals surface area contributed by atoms with Crippen molar-refractivity contribution in [1.29, 1.82) is 0 Å². The fourth-order valence-electron chi connectivity index (χ4n) is 1.97. The van der Waals surface area contributed by atoms with Crippen LogP contribution in [0.1, 0.15) is 19.3 Å². The van der Waals surface area contributed by atoms with E-state index in [1.807, 2.05) is 0 Å². The lowest BCUT2D eigenvalue weighted by Crippen LogP contribution is -2.46. The van der Waals surface area contributed by atoms with Gasteiger partial charge in [0.05, 0.1) is 11.5 Å². The standard InChI is InChI=1S/C9H16N2O3S2/c12-16(13)5-3-7(6-16)10-9(15)11-8-2-1-4-14-8/h7-8H,1-6H2,(H2,10,11,15). The molecule has 0 spiro atoms. The minimum atomic E-state index is -2.85. The molecule has 0 aromatic heterocycles. The molecule has 2 fully saturated rings. The zero-order chi connectivity index (χ0) is 11.6. The summed E-state index contributed by atoms with van der Waals surface area (Å²) >= 11 is 5.11. The molecule has 0 aliphatic carbocycles. The van der Waals surface area contributed by atoms with Gasteiger partial charge in [-0.3, -0.25) is 0 Å². The Morgan fingerprint density at radius 1 is 1.31 bits per heavy atom. The van der Waals surface area contributed by atoms with Crippen LogP contribution >= 0.6 is 12.2 Å². The quantitative estimate of drug-likeness (QED) is 0.672. The molecular formula is C9H16N2O3S2. The number of hydrogen-bond donors (Lipinski definition) is 2. The minimum absolute atomic E-state index is 0.0157. The number of rotatable bonds is 2. The van der Waals surface area contributed by atoms with Crippen LogP contribution in [-0.2, 0) is 14.6 Å². The lowest BCUT2D eigenvalue weighted by atomic mass is 10.3. The molecule has 5 nitrogen and oxygen atoms in total. The summed E-state index contributed by atoms with van der Waals surface area (Å²) in [4.78, 5) is 0. The van der Waals surface area contributed by atoms with E-state index in [1.165, 1.54) is 0 Å². The molecule has 92 valence electrons. The van der Waals surface area contributed by atoms with Crippen LogP contribution in [0.25, 0.3) is 0 Å². The molecule has 2 unspecified atom stereocenters. The first kappa shape index (κ1) is 12.1. The van der Waals surface area contributed by atoms with Crippen LogP contribution in [0, 0.1) is 0 Å². The first-order chi connectivity index (χ1) is 7.55. The highest BCUT2D eigenvalue weighted by Crippen LogP contribution is 2.12. The molecule has 0 bridgehead atoms. The molecule has 2 aliphatic rings. The number of hydrogen-bond acceptors (Lipinski definition) is 4. The van der Waals surface area contributed by atoms with Gasteiger partial charge in [-0.1, -0.05) is 0 Å². The lowest BCUT2D eigenvalue weighted by molar-refractivity contribution is 0.0998. The fraction of sp³-hybridized carbons (Fsp3) is 0.889. The van der Waals surface area contributed by atoms with E-state index < -0.39 is 9.84 Å². The summed E-state index contributed by atoms with van der Waals surface area (Å²) in [6, 6.07) is -0.0496. The smallest absolute Gasteiger partial charge is 0.168 e. The summed E-state index contributed by atoms with van der Waals surface area (Å²) in [5, 5.41) is 6.55. The van der Waals surface area contributed by atoms with E-state index in [9.17, 15) is 8.42 Å². The van der Waals surface area contributed by atoms with E-state index in [0.717, 1.165) is 19.4 Å². The van der Waals surface area contributed by atoms with Gasteiger partial charge in [0.25, 0.3) is 0 Å². The first-order valence-corrected chi connectivity index (χ1v) is 7.67. The van der Waals surface area contributed by atoms with Crippen LogP contribution in [0.4, 0.5) is 0 Å². The highest BCUT2D eigenvalue weighted by Gasteiger charge is 2.28. The molecule has 0 saturated carbocycles. The molecule has 2 atom stereocenters. The van der Waals surface area contributed by atoms with Crippen LogP contribution in [0.2, 0.25) is 0 Å². The van der Waals surface area contributed by atoms with Gasteiger partial charge in [-0.2, -0.15) is 0 Å². The highest BCUT2D eigenvalue weighted by atomic mass is 32.2. The SMILES string of the molecule is O=S1(=O)CCC(NC(=S)NC2CCCO2)C1. The second-order valence-corrected chi connectivity index (χ2v) is 6.86. The van der Waals surface area contributed by atoms with Crippen molar-refractivity contribution in [2.75, 3.05) is 18.1 Å². The van der Waals surface area contributed by atoms with Gasteiger partial charge in [0.2, 0.25) is 0 Å². The average molecular weight is 264 g/mol. The minimum Gasteiger partial charge on any atom is -0.359 e. The van der Waals surface area contributed by atoms with Crippen molar-refractivity contribution in [1.82, 2.24) is 10.6 Å². The number of nitrogens with one attached hydrogen (secondary N) is 2. The normalized spacial score (nSPS) is 32.5. The monoisotopic (exact) mass is 264 g/mol. The maximum atomic E-state index is 11.2. The largest absolute Gasteiger partial charge is 0.359 e. The Morgan fingerprint density at radius 3 is 2.69 bits per heavy atom. The second kappa shape index (κ2) is 4.85. The third-order valence-electron chi connectivity index (χ3n) is 2.79. The molecule has 2 N–H and O–H groups in total. The third kappa shape index (κ3) is 3.29. The number of sulfone groups is 1. The van der Waals surface area contributed by atoms with Gasteiger partial charge in [0.15, 0.2) is 14.9 Å². The zero-order valence-corrected chi connectivity index (χ0v) is 10.6. The first-order valence-electron chi connectivity index (χ1n) is 5.44. The van der Waals surface area contributed by atoms with Crippen molar-refractivity contribution in [2.24, 2.45) is 0 Å². The van der Waals surface area contributed by atoms with Crippen molar-refractivity contribution in [3.8, 4) is 0 Å². The molecule has 2 heterocycles. The van der Waals surface area contributed by atoms with Gasteiger partial charge >= 0.3 is 0 Å². The van der Waals surface area contributed by atoms with Crippen LogP contribution < -0.4 is 10.6 Å². The average Bonchev–Trinajstić information content (AvgIpc) is 2.76. The van der Waals surface area contributed by atoms with Crippen molar-refractivity contribution in [3.63, 3.8) is 0 Å². The Kier molecular flexibility index (Phi) is 3.66. The molecule has 16 heavy (non-hydrogen) atoms. The van der Waals surface area contributed by atoms with E-state index in [-0.39, 0.29) is 23.8 Å². The fourth-order valence-corrected chi connectivity index (χ4v) is 3.95. The molecular weight excluding hydrogens is 248 g/mol. The molecule has 2 rings (SSSR count). The van der Waals surface area contributed by atoms with Gasteiger partial charge in [-0.05, 0) is 31.5 Å². The molecule has 0 radical (unpaired) electrons. The van der Waals surface area contributed by atoms with E-state index in [4.69, 9.17) is 17.0 Å². The van der Waals surface area contributed by atoms with Gasteiger partial charge in [0, 0.05) is 12.6 Å². The Balaban J connectivity index is 1.75. The van der Waals surface area contributed by atoms with Crippen LogP contribution in [-0.4, -0.2) is 43.9 Å². The Labute approximate surface area is 101 Å². The number of ether oxygens (including phenoxy) is 1. The van der Waals surface area contributed by atoms with Crippen LogP contribution in [0.3, 0.4) is 0 Å². The Morgan fingerprint density at radius 2 is 2.12 bits per heavy atom. The van der Waals surface area contributed by atoms with E-state index in [2.05, 4.69) is 10.6 Å².